The maximum Gasteiger partial charge on any atom is 0.414 e. The van der Waals surface area contributed by atoms with Crippen molar-refractivity contribution in [1.29, 1.82) is 0 Å². The maximum absolute atomic E-state index is 13.0. The third-order valence-corrected chi connectivity index (χ3v) is 6.44. The molecule has 1 saturated heterocycles. The molecule has 0 bridgehead atoms. The number of anilines is 1. The molecule has 0 aliphatic carbocycles. The zero-order valence-electron chi connectivity index (χ0n) is 17.5. The van der Waals surface area contributed by atoms with Gasteiger partial charge in [0.2, 0.25) is 0 Å². The van der Waals surface area contributed by atoms with Crippen molar-refractivity contribution in [2.24, 2.45) is 0 Å². The first-order valence-electron chi connectivity index (χ1n) is 10.9. The summed E-state index contributed by atoms with van der Waals surface area (Å²) in [6, 6.07) is 14.0. The van der Waals surface area contributed by atoms with E-state index in [4.69, 9.17) is 4.74 Å². The monoisotopic (exact) mass is 421 g/mol. The summed E-state index contributed by atoms with van der Waals surface area (Å²) in [5.74, 6) is -0.0557. The number of nitrogens with zero attached hydrogens (tertiary/aromatic N) is 3. The maximum atomic E-state index is 13.0. The van der Waals surface area contributed by atoms with Gasteiger partial charge in [-0.1, -0.05) is 24.3 Å². The van der Waals surface area contributed by atoms with Gasteiger partial charge in [0, 0.05) is 44.0 Å². The minimum absolute atomic E-state index is 0.0557. The average Bonchev–Trinajstić information content (AvgIpc) is 3.21. The average molecular weight is 421 g/mol. The standard InChI is InChI=1S/C24H27N3O4/c28-21(15-25-9-7-17-3-1-2-4-19(17)14-25)16-26-10-8-18-13-20(5-6-22(18)23(26)29)27-11-12-31-24(27)30/h1-6,13,21,28H,7-12,14-16H2/t21-/m1/s1. The van der Waals surface area contributed by atoms with Gasteiger partial charge in [0.15, 0.2) is 0 Å². The van der Waals surface area contributed by atoms with Crippen LogP contribution in [0.2, 0.25) is 0 Å². The molecule has 0 saturated carbocycles. The fraction of sp³-hybridized carbons (Fsp3) is 0.417. The van der Waals surface area contributed by atoms with Gasteiger partial charge in [0.25, 0.3) is 5.91 Å². The van der Waals surface area contributed by atoms with Crippen LogP contribution in [-0.4, -0.2) is 72.3 Å². The lowest BCUT2D eigenvalue weighted by Gasteiger charge is -2.34. The Morgan fingerprint density at radius 3 is 2.55 bits per heavy atom. The van der Waals surface area contributed by atoms with Gasteiger partial charge in [-0.05, 0) is 47.7 Å². The molecule has 3 aliphatic heterocycles. The van der Waals surface area contributed by atoms with Gasteiger partial charge >= 0.3 is 6.09 Å². The van der Waals surface area contributed by atoms with Crippen molar-refractivity contribution in [3.8, 4) is 0 Å². The fourth-order valence-corrected chi connectivity index (χ4v) is 4.81. The molecule has 2 amide bonds. The lowest BCUT2D eigenvalue weighted by Crippen LogP contribution is -2.46. The summed E-state index contributed by atoms with van der Waals surface area (Å²) in [6.07, 6.45) is 0.773. The number of hydrogen-bond donors (Lipinski definition) is 1. The third-order valence-electron chi connectivity index (χ3n) is 6.44. The number of cyclic esters (lactones) is 1. The minimum Gasteiger partial charge on any atom is -0.447 e. The van der Waals surface area contributed by atoms with Gasteiger partial charge in [0.1, 0.15) is 6.61 Å². The summed E-state index contributed by atoms with van der Waals surface area (Å²) in [7, 11) is 0. The van der Waals surface area contributed by atoms with Crippen LogP contribution in [-0.2, 0) is 24.1 Å². The summed E-state index contributed by atoms with van der Waals surface area (Å²) in [4.78, 5) is 30.4. The van der Waals surface area contributed by atoms with E-state index in [9.17, 15) is 14.7 Å². The predicted octanol–water partition coefficient (Wildman–Crippen LogP) is 2.06. The van der Waals surface area contributed by atoms with E-state index in [0.29, 0.717) is 44.8 Å². The summed E-state index contributed by atoms with van der Waals surface area (Å²) in [5, 5.41) is 10.7. The summed E-state index contributed by atoms with van der Waals surface area (Å²) < 4.78 is 5.01. The predicted molar refractivity (Wildman–Crippen MR) is 116 cm³/mol. The quantitative estimate of drug-likeness (QED) is 0.800. The van der Waals surface area contributed by atoms with Crippen molar-refractivity contribution in [3.05, 3.63) is 64.7 Å². The van der Waals surface area contributed by atoms with E-state index in [1.54, 1.807) is 21.9 Å². The van der Waals surface area contributed by atoms with Gasteiger partial charge in [-0.25, -0.2) is 4.79 Å². The van der Waals surface area contributed by atoms with Crippen molar-refractivity contribution in [1.82, 2.24) is 9.80 Å². The number of aliphatic hydroxyl groups is 1. The molecule has 31 heavy (non-hydrogen) atoms. The molecule has 0 radical (unpaired) electrons. The molecule has 1 atom stereocenters. The highest BCUT2D eigenvalue weighted by Gasteiger charge is 2.29. The number of β-amino-alcohol motifs (C(OH)–C–C–N with tert-alkyl or cyclic N) is 1. The van der Waals surface area contributed by atoms with Crippen LogP contribution in [0.25, 0.3) is 0 Å². The number of carbonyl (C=O) groups is 2. The molecule has 0 unspecified atom stereocenters. The highest BCUT2D eigenvalue weighted by atomic mass is 16.6. The molecule has 7 nitrogen and oxygen atoms in total. The number of benzene rings is 2. The Hall–Kier alpha value is -2.90. The smallest absolute Gasteiger partial charge is 0.414 e. The van der Waals surface area contributed by atoms with E-state index in [1.807, 2.05) is 6.07 Å². The Labute approximate surface area is 181 Å². The van der Waals surface area contributed by atoms with E-state index in [-0.39, 0.29) is 12.0 Å². The molecule has 2 aromatic carbocycles. The molecule has 0 aromatic heterocycles. The summed E-state index contributed by atoms with van der Waals surface area (Å²) in [5.41, 5.74) is 5.08. The van der Waals surface area contributed by atoms with Crippen LogP contribution in [0, 0.1) is 0 Å². The largest absolute Gasteiger partial charge is 0.447 e. The van der Waals surface area contributed by atoms with E-state index < -0.39 is 6.10 Å². The van der Waals surface area contributed by atoms with Crippen LogP contribution >= 0.6 is 0 Å². The fourth-order valence-electron chi connectivity index (χ4n) is 4.81. The van der Waals surface area contributed by atoms with Crippen LogP contribution in [0.15, 0.2) is 42.5 Å². The molecule has 5 rings (SSSR count). The van der Waals surface area contributed by atoms with Gasteiger partial charge in [-0.15, -0.1) is 0 Å². The van der Waals surface area contributed by atoms with Gasteiger partial charge in [-0.2, -0.15) is 0 Å². The normalized spacial score (nSPS) is 19.8. The Morgan fingerprint density at radius 1 is 0.935 bits per heavy atom. The van der Waals surface area contributed by atoms with Gasteiger partial charge < -0.3 is 14.7 Å². The Bertz CT molecular complexity index is 1010. The summed E-state index contributed by atoms with van der Waals surface area (Å²) in [6.45, 7) is 4.14. The second-order valence-corrected chi connectivity index (χ2v) is 8.52. The number of fused-ring (bicyclic) bond motifs is 2. The molecule has 1 N–H and O–H groups in total. The number of hydrogen-bond acceptors (Lipinski definition) is 5. The number of amides is 2. The molecule has 3 aliphatic rings. The number of ether oxygens (including phenoxy) is 1. The van der Waals surface area contributed by atoms with Crippen LogP contribution in [0.4, 0.5) is 10.5 Å². The molecular formula is C24H27N3O4. The van der Waals surface area contributed by atoms with Crippen molar-refractivity contribution >= 4 is 17.7 Å². The molecular weight excluding hydrogens is 394 g/mol. The second-order valence-electron chi connectivity index (χ2n) is 8.52. The molecule has 0 spiro atoms. The minimum atomic E-state index is -0.589. The third kappa shape index (κ3) is 4.03. The molecule has 3 heterocycles. The first-order valence-corrected chi connectivity index (χ1v) is 10.9. The molecule has 7 heteroatoms. The second kappa shape index (κ2) is 8.32. The number of carbonyl (C=O) groups excluding carboxylic acids is 2. The highest BCUT2D eigenvalue weighted by molar-refractivity contribution is 5.98. The SMILES string of the molecule is O=C1c2ccc(N3CCOC3=O)cc2CCN1C[C@H](O)CN1CCc2ccccc2C1. The van der Waals surface area contributed by atoms with Gasteiger partial charge in [0.05, 0.1) is 12.6 Å². The van der Waals surface area contributed by atoms with Crippen molar-refractivity contribution in [3.63, 3.8) is 0 Å². The van der Waals surface area contributed by atoms with E-state index in [0.717, 1.165) is 30.8 Å². The first-order chi connectivity index (χ1) is 15.1. The van der Waals surface area contributed by atoms with Crippen LogP contribution in [0.5, 0.6) is 0 Å². The lowest BCUT2D eigenvalue weighted by molar-refractivity contribution is 0.0493. The van der Waals surface area contributed by atoms with Crippen molar-refractivity contribution in [2.45, 2.75) is 25.5 Å². The van der Waals surface area contributed by atoms with Crippen molar-refractivity contribution in [2.75, 3.05) is 44.2 Å². The van der Waals surface area contributed by atoms with Crippen LogP contribution < -0.4 is 4.90 Å². The molecule has 1 fully saturated rings. The topological polar surface area (TPSA) is 73.3 Å². The first kappa shape index (κ1) is 20.0. The zero-order chi connectivity index (χ0) is 21.4. The van der Waals surface area contributed by atoms with Crippen LogP contribution in [0.3, 0.4) is 0 Å². The van der Waals surface area contributed by atoms with E-state index in [1.165, 1.54) is 11.1 Å². The van der Waals surface area contributed by atoms with Crippen LogP contribution in [0.1, 0.15) is 27.0 Å². The number of rotatable bonds is 5. The Morgan fingerprint density at radius 2 is 1.74 bits per heavy atom. The molecule has 162 valence electrons. The van der Waals surface area contributed by atoms with Crippen molar-refractivity contribution < 1.29 is 19.4 Å². The molecule has 2 aromatic rings. The summed E-state index contributed by atoms with van der Waals surface area (Å²) >= 11 is 0. The highest BCUT2D eigenvalue weighted by Crippen LogP contribution is 2.27. The Kier molecular flexibility index (Phi) is 5.38. The Balaban J connectivity index is 1.21. The van der Waals surface area contributed by atoms with E-state index >= 15 is 0 Å². The van der Waals surface area contributed by atoms with Gasteiger partial charge in [-0.3, -0.25) is 14.6 Å². The lowest BCUT2D eigenvalue weighted by atomic mass is 9.97. The van der Waals surface area contributed by atoms with E-state index in [2.05, 4.69) is 29.2 Å². The zero-order valence-corrected chi connectivity index (χ0v) is 17.5. The number of aliphatic hydroxyl groups excluding tert-OH is 1.